The average Bonchev–Trinajstić information content (AvgIpc) is 3.47. The molecule has 7 atom stereocenters. The predicted molar refractivity (Wildman–Crippen MR) is 128 cm³/mol. The molecular formula is C23H27F3N6O4S. The zero-order chi connectivity index (χ0) is 26.3. The molecule has 0 bridgehead atoms. The highest BCUT2D eigenvalue weighted by Crippen LogP contribution is 2.44. The summed E-state index contributed by atoms with van der Waals surface area (Å²) in [5.74, 6) is -0.806. The van der Waals surface area contributed by atoms with Crippen LogP contribution >= 0.6 is 11.8 Å². The molecule has 2 saturated carbocycles. The summed E-state index contributed by atoms with van der Waals surface area (Å²) in [4.78, 5) is 9.06. The number of alkyl halides is 1. The van der Waals surface area contributed by atoms with E-state index in [9.17, 15) is 19.0 Å². The third kappa shape index (κ3) is 5.00. The molecule has 2 aliphatic carbocycles. The van der Waals surface area contributed by atoms with Gasteiger partial charge < -0.3 is 25.4 Å². The van der Waals surface area contributed by atoms with Crippen molar-refractivity contribution in [1.29, 1.82) is 0 Å². The van der Waals surface area contributed by atoms with Crippen LogP contribution < -0.4 is 5.32 Å². The fourth-order valence-corrected chi connectivity index (χ4v) is 5.33. The topological polar surface area (TPSA) is 138 Å². The summed E-state index contributed by atoms with van der Waals surface area (Å²) >= 11 is 1.39. The number of aromatic nitrogens is 5. The Bertz CT molecular complexity index is 1270. The number of aliphatic hydroxyl groups excluding tert-OH is 3. The van der Waals surface area contributed by atoms with E-state index in [1.165, 1.54) is 17.8 Å². The number of fused-ring (bicyclic) bond motifs is 1. The molecule has 2 aromatic heterocycles. The Morgan fingerprint density at radius 3 is 2.73 bits per heavy atom. The smallest absolute Gasteiger partial charge is 0.191 e. The first-order valence-electron chi connectivity index (χ1n) is 12.0. The van der Waals surface area contributed by atoms with E-state index in [4.69, 9.17) is 9.84 Å². The highest BCUT2D eigenvalue weighted by Gasteiger charge is 2.53. The van der Waals surface area contributed by atoms with E-state index in [2.05, 4.69) is 25.6 Å². The van der Waals surface area contributed by atoms with Crippen LogP contribution in [0.15, 0.2) is 23.4 Å². The molecule has 2 fully saturated rings. The van der Waals surface area contributed by atoms with Crippen molar-refractivity contribution in [1.82, 2.24) is 25.0 Å². The van der Waals surface area contributed by atoms with E-state index >= 15 is 4.39 Å². The minimum absolute atomic E-state index is 0.0617. The maximum absolute atomic E-state index is 15.4. The van der Waals surface area contributed by atoms with Crippen molar-refractivity contribution in [3.05, 3.63) is 35.4 Å². The van der Waals surface area contributed by atoms with Gasteiger partial charge >= 0.3 is 0 Å². The van der Waals surface area contributed by atoms with E-state index in [-0.39, 0.29) is 36.3 Å². The number of nitrogens with one attached hydrogen (secondary N) is 1. The Morgan fingerprint density at radius 2 is 2.00 bits per heavy atom. The number of anilines is 1. The maximum Gasteiger partial charge on any atom is 0.191 e. The number of rotatable bonds is 10. The van der Waals surface area contributed by atoms with Crippen LogP contribution in [0.5, 0.6) is 0 Å². The Hall–Kier alpha value is -2.52. The van der Waals surface area contributed by atoms with E-state index in [0.29, 0.717) is 23.0 Å². The molecule has 4 N–H and O–H groups in total. The number of ether oxygens (including phenoxy) is 1. The van der Waals surface area contributed by atoms with E-state index < -0.39 is 42.2 Å². The van der Waals surface area contributed by atoms with Gasteiger partial charge in [0.2, 0.25) is 0 Å². The standard InChI is InChI=1S/C23H27F3N6O4S/c1-2-7-37-23-28-21(27-14-9-11(14)10-3-4-12(24)13(25)8-10)16-22(29-23)32(31-30-16)17-15(26)20(36-6-5-33)19(35)18(17)34/h3-4,8,11,14-15,17-20,33-35H,2,5-7,9H2,1H3,(H,27,28,29). The summed E-state index contributed by atoms with van der Waals surface area (Å²) < 4.78 is 48.8. The van der Waals surface area contributed by atoms with Gasteiger partial charge in [0.05, 0.1) is 13.2 Å². The number of halogens is 3. The number of aliphatic hydroxyl groups is 3. The van der Waals surface area contributed by atoms with Gasteiger partial charge in [-0.1, -0.05) is 30.0 Å². The molecule has 0 saturated heterocycles. The molecule has 0 radical (unpaired) electrons. The number of thioether (sulfide) groups is 1. The predicted octanol–water partition coefficient (Wildman–Crippen LogP) is 1.96. The van der Waals surface area contributed by atoms with Crippen LogP contribution in [0.1, 0.15) is 37.3 Å². The SMILES string of the molecule is CCCSc1nc(NC2CC2c2ccc(F)c(F)c2)c2nnn(C3C(O)C(O)C(OCCO)C3F)c2n1. The van der Waals surface area contributed by atoms with Gasteiger partial charge in [-0.3, -0.25) is 0 Å². The lowest BCUT2D eigenvalue weighted by molar-refractivity contribution is -0.0758. The normalized spacial score (nSPS) is 29.2. The lowest BCUT2D eigenvalue weighted by Gasteiger charge is -2.18. The van der Waals surface area contributed by atoms with Gasteiger partial charge in [0.1, 0.15) is 24.4 Å². The molecule has 14 heteroatoms. The summed E-state index contributed by atoms with van der Waals surface area (Å²) in [6.07, 6.45) is -4.78. The van der Waals surface area contributed by atoms with Crippen molar-refractivity contribution < 1.29 is 33.2 Å². The molecule has 37 heavy (non-hydrogen) atoms. The first kappa shape index (κ1) is 26.1. The van der Waals surface area contributed by atoms with Crippen LogP contribution in [0.2, 0.25) is 0 Å². The molecular weight excluding hydrogens is 513 g/mol. The van der Waals surface area contributed by atoms with Gasteiger partial charge in [-0.15, -0.1) is 5.10 Å². The van der Waals surface area contributed by atoms with Crippen LogP contribution in [0.4, 0.5) is 19.0 Å². The van der Waals surface area contributed by atoms with Gasteiger partial charge in [-0.2, -0.15) is 0 Å². The van der Waals surface area contributed by atoms with E-state index in [1.807, 2.05) is 6.92 Å². The van der Waals surface area contributed by atoms with Crippen LogP contribution in [0, 0.1) is 11.6 Å². The molecule has 0 aliphatic heterocycles. The second kappa shape index (κ2) is 10.7. The average molecular weight is 541 g/mol. The summed E-state index contributed by atoms with van der Waals surface area (Å²) in [6.45, 7) is 1.44. The Kier molecular flexibility index (Phi) is 7.54. The van der Waals surface area contributed by atoms with E-state index in [1.54, 1.807) is 6.07 Å². The largest absolute Gasteiger partial charge is 0.394 e. The monoisotopic (exact) mass is 540 g/mol. The summed E-state index contributed by atoms with van der Waals surface area (Å²) in [5.41, 5.74) is 1.07. The third-order valence-electron chi connectivity index (χ3n) is 6.58. The Morgan fingerprint density at radius 1 is 1.19 bits per heavy atom. The van der Waals surface area contributed by atoms with Gasteiger partial charge in [-0.25, -0.2) is 27.8 Å². The molecule has 5 rings (SSSR count). The fourth-order valence-electron chi connectivity index (χ4n) is 4.64. The quantitative estimate of drug-likeness (QED) is 0.223. The lowest BCUT2D eigenvalue weighted by Crippen LogP contribution is -2.34. The molecule has 2 aliphatic rings. The van der Waals surface area contributed by atoms with Crippen molar-refractivity contribution >= 4 is 28.7 Å². The molecule has 0 spiro atoms. The van der Waals surface area contributed by atoms with Crippen molar-refractivity contribution in [2.24, 2.45) is 0 Å². The Labute approximate surface area is 214 Å². The van der Waals surface area contributed by atoms with Gasteiger partial charge in [0, 0.05) is 17.7 Å². The lowest BCUT2D eigenvalue weighted by atomic mass is 10.1. The molecule has 0 amide bonds. The summed E-state index contributed by atoms with van der Waals surface area (Å²) in [6, 6.07) is 2.37. The minimum atomic E-state index is -1.85. The maximum atomic E-state index is 15.4. The minimum Gasteiger partial charge on any atom is -0.394 e. The zero-order valence-corrected chi connectivity index (χ0v) is 20.7. The second-order valence-electron chi connectivity index (χ2n) is 9.15. The number of hydrogen-bond acceptors (Lipinski definition) is 10. The highest BCUT2D eigenvalue weighted by atomic mass is 32.2. The summed E-state index contributed by atoms with van der Waals surface area (Å²) in [5, 5.41) is 41.8. The van der Waals surface area contributed by atoms with Crippen molar-refractivity contribution in [2.75, 3.05) is 24.3 Å². The fraction of sp³-hybridized carbons (Fsp3) is 0.565. The van der Waals surface area contributed by atoms with Gasteiger partial charge in [0.15, 0.2) is 39.9 Å². The Balaban J connectivity index is 1.45. The van der Waals surface area contributed by atoms with Crippen LogP contribution in [0.25, 0.3) is 11.2 Å². The number of hydrogen-bond donors (Lipinski definition) is 4. The number of benzene rings is 1. The van der Waals surface area contributed by atoms with Crippen molar-refractivity contribution in [3.8, 4) is 0 Å². The zero-order valence-electron chi connectivity index (χ0n) is 19.8. The number of nitrogens with zero attached hydrogens (tertiary/aromatic N) is 5. The van der Waals surface area contributed by atoms with Gasteiger partial charge in [0.25, 0.3) is 0 Å². The molecule has 2 heterocycles. The molecule has 3 aromatic rings. The van der Waals surface area contributed by atoms with E-state index in [0.717, 1.165) is 22.9 Å². The van der Waals surface area contributed by atoms with Crippen molar-refractivity contribution in [3.63, 3.8) is 0 Å². The molecule has 200 valence electrons. The van der Waals surface area contributed by atoms with Crippen molar-refractivity contribution in [2.45, 2.75) is 67.4 Å². The highest BCUT2D eigenvalue weighted by molar-refractivity contribution is 7.99. The molecule has 7 unspecified atom stereocenters. The van der Waals surface area contributed by atoms with Crippen LogP contribution in [-0.4, -0.2) is 89.8 Å². The second-order valence-corrected chi connectivity index (χ2v) is 10.2. The molecule has 1 aromatic carbocycles. The third-order valence-corrected chi connectivity index (χ3v) is 7.64. The first-order valence-corrected chi connectivity index (χ1v) is 13.0. The van der Waals surface area contributed by atoms with Crippen LogP contribution in [-0.2, 0) is 4.74 Å². The summed E-state index contributed by atoms with van der Waals surface area (Å²) in [7, 11) is 0. The van der Waals surface area contributed by atoms with Gasteiger partial charge in [-0.05, 0) is 30.5 Å². The molecule has 10 nitrogen and oxygen atoms in total. The van der Waals surface area contributed by atoms with Crippen LogP contribution in [0.3, 0.4) is 0 Å². The first-order chi connectivity index (χ1) is 17.8.